The van der Waals surface area contributed by atoms with E-state index < -0.39 is 24.3 Å². The van der Waals surface area contributed by atoms with Crippen LogP contribution in [0.25, 0.3) is 0 Å². The van der Waals surface area contributed by atoms with Gasteiger partial charge in [-0.05, 0) is 25.0 Å². The first-order chi connectivity index (χ1) is 7.87. The van der Waals surface area contributed by atoms with E-state index in [4.69, 9.17) is 0 Å². The summed E-state index contributed by atoms with van der Waals surface area (Å²) in [6, 6.07) is -0.406. The normalized spacial score (nSPS) is 25.3. The topological polar surface area (TPSA) is 29.1 Å². The Bertz CT molecular complexity index is 275. The minimum absolute atomic E-state index is 0.325. The van der Waals surface area contributed by atoms with Crippen molar-refractivity contribution in [1.29, 1.82) is 0 Å². The predicted molar refractivity (Wildman–Crippen MR) is 58.7 cm³/mol. The predicted octanol–water partition coefficient (Wildman–Crippen LogP) is 2.68. The molecule has 0 aliphatic heterocycles. The summed E-state index contributed by atoms with van der Waals surface area (Å²) in [6.45, 7) is 1.99. The molecule has 7 heteroatoms. The van der Waals surface area contributed by atoms with Crippen molar-refractivity contribution in [2.45, 2.75) is 49.8 Å². The van der Waals surface area contributed by atoms with Crippen LogP contribution in [0.5, 0.6) is 0 Å². The molecule has 17 heavy (non-hydrogen) atoms. The van der Waals surface area contributed by atoms with Crippen molar-refractivity contribution in [3.05, 3.63) is 0 Å². The minimum atomic E-state index is -4.59. The zero-order valence-electron chi connectivity index (χ0n) is 9.39. The van der Waals surface area contributed by atoms with Crippen molar-refractivity contribution in [3.8, 4) is 0 Å². The Morgan fingerprint density at radius 2 is 2.12 bits per heavy atom. The second-order valence-electron chi connectivity index (χ2n) is 3.98. The van der Waals surface area contributed by atoms with Gasteiger partial charge in [0.25, 0.3) is 5.91 Å². The van der Waals surface area contributed by atoms with Gasteiger partial charge in [0.05, 0.1) is 0 Å². The molecule has 2 unspecified atom stereocenters. The average Bonchev–Trinajstić information content (AvgIpc) is 2.65. The number of carbonyl (C=O) groups is 1. The first-order valence-corrected chi connectivity index (χ1v) is 6.51. The Morgan fingerprint density at radius 3 is 2.65 bits per heavy atom. The van der Waals surface area contributed by atoms with Crippen LogP contribution in [0, 0.1) is 0 Å². The molecule has 2 nitrogen and oxygen atoms in total. The minimum Gasteiger partial charge on any atom is -0.348 e. The summed E-state index contributed by atoms with van der Waals surface area (Å²) >= 11 is 1.70. The van der Waals surface area contributed by atoms with E-state index in [1.54, 1.807) is 11.8 Å². The van der Waals surface area contributed by atoms with Crippen molar-refractivity contribution < 1.29 is 22.4 Å². The van der Waals surface area contributed by atoms with E-state index in [-0.39, 0.29) is 0 Å². The molecule has 1 aliphatic rings. The lowest BCUT2D eigenvalue weighted by atomic mass is 10.2. The fourth-order valence-corrected chi connectivity index (χ4v) is 2.98. The fraction of sp³-hybridized carbons (Fsp3) is 0.900. The Kier molecular flexibility index (Phi) is 5.09. The van der Waals surface area contributed by atoms with Crippen LogP contribution >= 0.6 is 11.8 Å². The molecule has 100 valence electrons. The molecule has 0 heterocycles. The second kappa shape index (κ2) is 5.93. The number of hydrogen-bond acceptors (Lipinski definition) is 2. The van der Waals surface area contributed by atoms with Gasteiger partial charge in [0.15, 0.2) is 0 Å². The molecule has 1 N–H and O–H groups in total. The maximum Gasteiger partial charge on any atom is 0.383 e. The molecule has 0 radical (unpaired) electrons. The smallest absolute Gasteiger partial charge is 0.348 e. The lowest BCUT2D eigenvalue weighted by molar-refractivity contribution is -0.170. The van der Waals surface area contributed by atoms with Gasteiger partial charge in [-0.3, -0.25) is 4.79 Å². The molecule has 1 aliphatic carbocycles. The summed E-state index contributed by atoms with van der Waals surface area (Å²) in [7, 11) is 0. The van der Waals surface area contributed by atoms with Gasteiger partial charge in [-0.1, -0.05) is 6.92 Å². The zero-order valence-corrected chi connectivity index (χ0v) is 10.2. The molecule has 1 saturated carbocycles. The van der Waals surface area contributed by atoms with Crippen molar-refractivity contribution >= 4 is 17.7 Å². The van der Waals surface area contributed by atoms with Crippen LogP contribution in [-0.2, 0) is 4.79 Å². The Labute approximate surface area is 102 Å². The van der Waals surface area contributed by atoms with Crippen LogP contribution in [0.15, 0.2) is 0 Å². The van der Waals surface area contributed by atoms with E-state index in [0.29, 0.717) is 18.1 Å². The first kappa shape index (κ1) is 14.6. The highest BCUT2D eigenvalue weighted by Gasteiger charge is 2.49. The Hall–Kier alpha value is -0.460. The summed E-state index contributed by atoms with van der Waals surface area (Å²) in [5, 5.41) is 2.33. The van der Waals surface area contributed by atoms with E-state index in [9.17, 15) is 22.4 Å². The quantitative estimate of drug-likeness (QED) is 0.780. The van der Waals surface area contributed by atoms with E-state index in [1.165, 1.54) is 0 Å². The van der Waals surface area contributed by atoms with Gasteiger partial charge in [0.1, 0.15) is 0 Å². The Balaban J connectivity index is 2.43. The second-order valence-corrected chi connectivity index (χ2v) is 5.56. The molecule has 0 aromatic carbocycles. The highest BCUT2D eigenvalue weighted by Crippen LogP contribution is 2.31. The van der Waals surface area contributed by atoms with E-state index in [1.807, 2.05) is 12.2 Å². The molecule has 0 aromatic rings. The number of thioether (sulfide) groups is 1. The SMILES string of the molecule is CCSC1CCC(NC(=O)C(F)(F)C(F)F)C1. The van der Waals surface area contributed by atoms with Gasteiger partial charge in [0.2, 0.25) is 0 Å². The standard InChI is InChI=1S/C10H15F4NOS/c1-2-17-7-4-3-6(5-7)15-9(16)10(13,14)8(11)12/h6-8H,2-5H2,1H3,(H,15,16). The molecule has 0 aromatic heterocycles. The highest BCUT2D eigenvalue weighted by molar-refractivity contribution is 7.99. The summed E-state index contributed by atoms with van der Waals surface area (Å²) in [6.07, 6.45) is -1.99. The molecular formula is C10H15F4NOS. The Morgan fingerprint density at radius 1 is 1.47 bits per heavy atom. The maximum atomic E-state index is 12.7. The van der Waals surface area contributed by atoms with Crippen molar-refractivity contribution in [2.75, 3.05) is 5.75 Å². The van der Waals surface area contributed by atoms with Crippen LogP contribution < -0.4 is 5.32 Å². The molecule has 1 fully saturated rings. The third-order valence-electron chi connectivity index (χ3n) is 2.70. The lowest BCUT2D eigenvalue weighted by Crippen LogP contribution is -2.48. The molecule has 0 spiro atoms. The number of hydrogen-bond donors (Lipinski definition) is 1. The van der Waals surface area contributed by atoms with Crippen molar-refractivity contribution in [1.82, 2.24) is 5.32 Å². The van der Waals surface area contributed by atoms with Crippen molar-refractivity contribution in [2.24, 2.45) is 0 Å². The fourth-order valence-electron chi connectivity index (χ4n) is 1.84. The highest BCUT2D eigenvalue weighted by atomic mass is 32.2. The van der Waals surface area contributed by atoms with Gasteiger partial charge in [0, 0.05) is 11.3 Å². The van der Waals surface area contributed by atoms with Gasteiger partial charge >= 0.3 is 12.3 Å². The summed E-state index contributed by atoms with van der Waals surface area (Å²) in [5.74, 6) is -5.53. The summed E-state index contributed by atoms with van der Waals surface area (Å²) in [5.41, 5.74) is 0. The largest absolute Gasteiger partial charge is 0.383 e. The number of rotatable bonds is 5. The van der Waals surface area contributed by atoms with Crippen LogP contribution in [0.1, 0.15) is 26.2 Å². The third-order valence-corrected chi connectivity index (χ3v) is 3.93. The first-order valence-electron chi connectivity index (χ1n) is 5.46. The number of carbonyl (C=O) groups excluding carboxylic acids is 1. The average molecular weight is 273 g/mol. The van der Waals surface area contributed by atoms with Gasteiger partial charge in [-0.2, -0.15) is 20.5 Å². The summed E-state index contributed by atoms with van der Waals surface area (Å²) in [4.78, 5) is 11.0. The molecule has 1 amide bonds. The number of halogens is 4. The van der Waals surface area contributed by atoms with E-state index >= 15 is 0 Å². The van der Waals surface area contributed by atoms with Gasteiger partial charge in [-0.25, -0.2) is 8.78 Å². The maximum absolute atomic E-state index is 12.7. The number of alkyl halides is 4. The zero-order chi connectivity index (χ0) is 13.1. The number of nitrogens with one attached hydrogen (secondary N) is 1. The molecule has 0 bridgehead atoms. The van der Waals surface area contributed by atoms with Gasteiger partial charge in [-0.15, -0.1) is 0 Å². The molecule has 2 atom stereocenters. The van der Waals surface area contributed by atoms with Crippen LogP contribution in [0.4, 0.5) is 17.6 Å². The number of amides is 1. The summed E-state index contributed by atoms with van der Waals surface area (Å²) < 4.78 is 49.2. The van der Waals surface area contributed by atoms with E-state index in [0.717, 1.165) is 12.2 Å². The molecule has 1 rings (SSSR count). The molecule has 0 saturated heterocycles. The van der Waals surface area contributed by atoms with Crippen LogP contribution in [0.3, 0.4) is 0 Å². The third kappa shape index (κ3) is 3.76. The van der Waals surface area contributed by atoms with E-state index in [2.05, 4.69) is 0 Å². The van der Waals surface area contributed by atoms with Crippen LogP contribution in [-0.4, -0.2) is 35.3 Å². The lowest BCUT2D eigenvalue weighted by Gasteiger charge is -2.18. The molecular weight excluding hydrogens is 258 g/mol. The monoisotopic (exact) mass is 273 g/mol. The van der Waals surface area contributed by atoms with Crippen molar-refractivity contribution in [3.63, 3.8) is 0 Å². The van der Waals surface area contributed by atoms with Crippen LogP contribution in [0.2, 0.25) is 0 Å². The van der Waals surface area contributed by atoms with Gasteiger partial charge < -0.3 is 5.32 Å².